The fraction of sp³-hybridized carbons (Fsp3) is 0.909. The lowest BCUT2D eigenvalue weighted by molar-refractivity contribution is 0.366. The molecule has 82 valence electrons. The first kappa shape index (κ1) is 11.8. The van der Waals surface area contributed by atoms with E-state index >= 15 is 0 Å². The van der Waals surface area contributed by atoms with Gasteiger partial charge in [0.1, 0.15) is 0 Å². The van der Waals surface area contributed by atoms with Gasteiger partial charge in [-0.2, -0.15) is 0 Å². The molecule has 0 heterocycles. The summed E-state index contributed by atoms with van der Waals surface area (Å²) in [6.45, 7) is 3.22. The third kappa shape index (κ3) is 3.45. The lowest BCUT2D eigenvalue weighted by Gasteiger charge is -2.27. The molecular formula is C11H22N2S. The number of hydrogen-bond acceptors (Lipinski definition) is 1. The Balaban J connectivity index is 2.21. The highest BCUT2D eigenvalue weighted by molar-refractivity contribution is 7.80. The molecule has 0 spiro atoms. The minimum atomic E-state index is 0.691. The van der Waals surface area contributed by atoms with Crippen LogP contribution in [0.2, 0.25) is 0 Å². The zero-order chi connectivity index (χ0) is 10.4. The van der Waals surface area contributed by atoms with Crippen molar-refractivity contribution in [3.05, 3.63) is 0 Å². The molecule has 0 saturated heterocycles. The second-order valence-electron chi connectivity index (χ2n) is 4.13. The maximum atomic E-state index is 5.34. The molecule has 1 fully saturated rings. The van der Waals surface area contributed by atoms with Crippen LogP contribution >= 0.6 is 12.2 Å². The Kier molecular flexibility index (Phi) is 5.23. The summed E-state index contributed by atoms with van der Waals surface area (Å²) in [7, 11) is 2.12. The number of thiocarbonyl (C=S) groups is 1. The third-order valence-corrected chi connectivity index (χ3v) is 3.43. The van der Waals surface area contributed by atoms with E-state index in [1.807, 2.05) is 0 Å². The Bertz CT molecular complexity index is 176. The van der Waals surface area contributed by atoms with Crippen molar-refractivity contribution in [2.75, 3.05) is 13.6 Å². The van der Waals surface area contributed by atoms with Gasteiger partial charge in [0.15, 0.2) is 5.11 Å². The first-order chi connectivity index (χ1) is 6.75. The molecule has 2 nitrogen and oxygen atoms in total. The summed E-state index contributed by atoms with van der Waals surface area (Å²) in [5, 5.41) is 4.25. The van der Waals surface area contributed by atoms with E-state index < -0.39 is 0 Å². The van der Waals surface area contributed by atoms with Crippen LogP contribution < -0.4 is 5.32 Å². The van der Waals surface area contributed by atoms with Gasteiger partial charge < -0.3 is 10.2 Å². The highest BCUT2D eigenvalue weighted by Crippen LogP contribution is 2.22. The van der Waals surface area contributed by atoms with E-state index in [1.165, 1.54) is 38.5 Å². The van der Waals surface area contributed by atoms with Gasteiger partial charge in [-0.05, 0) is 31.5 Å². The Hall–Kier alpha value is -0.310. The van der Waals surface area contributed by atoms with E-state index in [4.69, 9.17) is 12.2 Å². The van der Waals surface area contributed by atoms with Gasteiger partial charge in [-0.1, -0.05) is 26.2 Å². The van der Waals surface area contributed by atoms with Gasteiger partial charge in [0.25, 0.3) is 0 Å². The zero-order valence-corrected chi connectivity index (χ0v) is 10.2. The van der Waals surface area contributed by atoms with E-state index in [-0.39, 0.29) is 0 Å². The second-order valence-corrected chi connectivity index (χ2v) is 4.52. The average Bonchev–Trinajstić information content (AvgIpc) is 2.69. The lowest BCUT2D eigenvalue weighted by atomic mass is 10.2. The summed E-state index contributed by atoms with van der Waals surface area (Å²) < 4.78 is 0. The standard InChI is InChI=1S/C11H22N2S/c1-3-4-9-12-11(14)13(2)10-7-5-6-8-10/h10H,3-9H2,1-2H3,(H,12,14). The number of rotatable bonds is 4. The van der Waals surface area contributed by atoms with Crippen LogP contribution in [0.3, 0.4) is 0 Å². The van der Waals surface area contributed by atoms with Crippen molar-refractivity contribution in [3.63, 3.8) is 0 Å². The lowest BCUT2D eigenvalue weighted by Crippen LogP contribution is -2.42. The molecule has 1 rings (SSSR count). The molecular weight excluding hydrogens is 192 g/mol. The zero-order valence-electron chi connectivity index (χ0n) is 9.38. The van der Waals surface area contributed by atoms with Crippen molar-refractivity contribution < 1.29 is 0 Å². The van der Waals surface area contributed by atoms with Crippen molar-refractivity contribution >= 4 is 17.3 Å². The van der Waals surface area contributed by atoms with Gasteiger partial charge in [-0.15, -0.1) is 0 Å². The quantitative estimate of drug-likeness (QED) is 0.572. The molecule has 3 heteroatoms. The monoisotopic (exact) mass is 214 g/mol. The Morgan fingerprint density at radius 1 is 1.43 bits per heavy atom. The van der Waals surface area contributed by atoms with Crippen LogP contribution in [0.25, 0.3) is 0 Å². The first-order valence-electron chi connectivity index (χ1n) is 5.76. The highest BCUT2D eigenvalue weighted by Gasteiger charge is 2.20. The molecule has 0 unspecified atom stereocenters. The minimum absolute atomic E-state index is 0.691. The van der Waals surface area contributed by atoms with Crippen LogP contribution in [0.15, 0.2) is 0 Å². The molecule has 0 aromatic carbocycles. The van der Waals surface area contributed by atoms with Gasteiger partial charge >= 0.3 is 0 Å². The van der Waals surface area contributed by atoms with Crippen molar-refractivity contribution in [1.82, 2.24) is 10.2 Å². The molecule has 0 amide bonds. The Morgan fingerprint density at radius 2 is 2.07 bits per heavy atom. The number of nitrogens with zero attached hydrogens (tertiary/aromatic N) is 1. The molecule has 0 aromatic rings. The number of hydrogen-bond donors (Lipinski definition) is 1. The summed E-state index contributed by atoms with van der Waals surface area (Å²) in [6.07, 6.45) is 7.79. The SMILES string of the molecule is CCCCNC(=S)N(C)C1CCCC1. The molecule has 0 bridgehead atoms. The second kappa shape index (κ2) is 6.23. The Labute approximate surface area is 93.1 Å². The Morgan fingerprint density at radius 3 is 2.64 bits per heavy atom. The molecule has 1 aliphatic carbocycles. The topological polar surface area (TPSA) is 15.3 Å². The van der Waals surface area contributed by atoms with Crippen LogP contribution in [-0.2, 0) is 0 Å². The summed E-state index contributed by atoms with van der Waals surface area (Å²) in [5.74, 6) is 0. The fourth-order valence-corrected chi connectivity index (χ4v) is 2.21. The maximum absolute atomic E-state index is 5.34. The van der Waals surface area contributed by atoms with Gasteiger partial charge in [0, 0.05) is 19.6 Å². The van der Waals surface area contributed by atoms with Gasteiger partial charge in [0.05, 0.1) is 0 Å². The predicted molar refractivity (Wildman–Crippen MR) is 65.5 cm³/mol. The van der Waals surface area contributed by atoms with Gasteiger partial charge in [0.2, 0.25) is 0 Å². The van der Waals surface area contributed by atoms with E-state index in [2.05, 4.69) is 24.2 Å². The fourth-order valence-electron chi connectivity index (χ4n) is 1.95. The van der Waals surface area contributed by atoms with Gasteiger partial charge in [-0.3, -0.25) is 0 Å². The highest BCUT2D eigenvalue weighted by atomic mass is 32.1. The van der Waals surface area contributed by atoms with Crippen LogP contribution in [0.5, 0.6) is 0 Å². The van der Waals surface area contributed by atoms with Crippen molar-refractivity contribution in [3.8, 4) is 0 Å². The smallest absolute Gasteiger partial charge is 0.168 e. The van der Waals surface area contributed by atoms with E-state index in [9.17, 15) is 0 Å². The predicted octanol–water partition coefficient (Wildman–Crippen LogP) is 2.54. The normalized spacial score (nSPS) is 17.0. The summed E-state index contributed by atoms with van der Waals surface area (Å²) in [5.41, 5.74) is 0. The van der Waals surface area contributed by atoms with Crippen molar-refractivity contribution in [1.29, 1.82) is 0 Å². The minimum Gasteiger partial charge on any atom is -0.363 e. The maximum Gasteiger partial charge on any atom is 0.168 e. The molecule has 0 aromatic heterocycles. The van der Waals surface area contributed by atoms with Crippen LogP contribution in [-0.4, -0.2) is 29.6 Å². The average molecular weight is 214 g/mol. The van der Waals surface area contributed by atoms with Crippen LogP contribution in [0.1, 0.15) is 45.4 Å². The largest absolute Gasteiger partial charge is 0.363 e. The van der Waals surface area contributed by atoms with Crippen LogP contribution in [0, 0.1) is 0 Å². The molecule has 0 atom stereocenters. The first-order valence-corrected chi connectivity index (χ1v) is 6.17. The molecule has 1 saturated carbocycles. The van der Waals surface area contributed by atoms with Crippen molar-refractivity contribution in [2.24, 2.45) is 0 Å². The summed E-state index contributed by atoms with van der Waals surface area (Å²) in [4.78, 5) is 2.25. The molecule has 1 N–H and O–H groups in total. The third-order valence-electron chi connectivity index (χ3n) is 3.00. The molecule has 14 heavy (non-hydrogen) atoms. The molecule has 0 aliphatic heterocycles. The van der Waals surface area contributed by atoms with E-state index in [0.29, 0.717) is 6.04 Å². The summed E-state index contributed by atoms with van der Waals surface area (Å²) in [6, 6.07) is 0.691. The van der Waals surface area contributed by atoms with Crippen LogP contribution in [0.4, 0.5) is 0 Å². The van der Waals surface area contributed by atoms with Crippen molar-refractivity contribution in [2.45, 2.75) is 51.5 Å². The van der Waals surface area contributed by atoms with E-state index in [1.54, 1.807) is 0 Å². The van der Waals surface area contributed by atoms with E-state index in [0.717, 1.165) is 11.7 Å². The number of nitrogens with one attached hydrogen (secondary N) is 1. The van der Waals surface area contributed by atoms with Gasteiger partial charge in [-0.25, -0.2) is 0 Å². The molecule has 0 radical (unpaired) electrons. The summed E-state index contributed by atoms with van der Waals surface area (Å²) >= 11 is 5.34. The molecule has 1 aliphatic rings. The number of unbranched alkanes of at least 4 members (excludes halogenated alkanes) is 1.